The van der Waals surface area contributed by atoms with E-state index in [0.29, 0.717) is 18.6 Å². The van der Waals surface area contributed by atoms with Gasteiger partial charge in [0.25, 0.3) is 0 Å². The van der Waals surface area contributed by atoms with Crippen LogP contribution in [0.15, 0.2) is 73.1 Å². The van der Waals surface area contributed by atoms with Crippen molar-refractivity contribution in [2.24, 2.45) is 5.73 Å². The Morgan fingerprint density at radius 2 is 1.48 bits per heavy atom. The molecule has 3 heterocycles. The lowest BCUT2D eigenvalue weighted by molar-refractivity contribution is 0.0600. The van der Waals surface area contributed by atoms with Gasteiger partial charge in [-0.1, -0.05) is 65.7 Å². The first kappa shape index (κ1) is 21.0. The Hall–Kier alpha value is -1.91. The Balaban J connectivity index is 1.58. The minimum atomic E-state index is -0.0257. The zero-order valence-electron chi connectivity index (χ0n) is 17.4. The van der Waals surface area contributed by atoms with Crippen molar-refractivity contribution in [3.63, 3.8) is 0 Å². The lowest BCUT2D eigenvalue weighted by atomic mass is 9.69. The third-order valence-corrected chi connectivity index (χ3v) is 7.98. The number of aromatic nitrogens is 1. The van der Waals surface area contributed by atoms with Gasteiger partial charge in [0.05, 0.1) is 6.04 Å². The van der Waals surface area contributed by atoms with E-state index in [9.17, 15) is 0 Å². The normalized spacial score (nSPS) is 25.8. The molecular weight excluding hydrogens is 425 g/mol. The van der Waals surface area contributed by atoms with Crippen LogP contribution in [0.25, 0.3) is 0 Å². The molecule has 0 saturated carbocycles. The number of benzene rings is 2. The van der Waals surface area contributed by atoms with Crippen LogP contribution in [0.1, 0.15) is 48.4 Å². The molecule has 2 N–H and O–H groups in total. The maximum Gasteiger partial charge on any atom is 0.0636 e. The largest absolute Gasteiger partial charge is 0.330 e. The zero-order valence-corrected chi connectivity index (χ0v) is 18.9. The van der Waals surface area contributed by atoms with E-state index in [1.807, 2.05) is 42.7 Å². The molecule has 2 fully saturated rings. The Bertz CT molecular complexity index is 996. The van der Waals surface area contributed by atoms with E-state index in [4.69, 9.17) is 28.9 Å². The fourth-order valence-corrected chi connectivity index (χ4v) is 6.36. The van der Waals surface area contributed by atoms with Crippen LogP contribution in [0.4, 0.5) is 0 Å². The molecule has 3 aromatic rings. The van der Waals surface area contributed by atoms with E-state index in [1.165, 1.54) is 5.56 Å². The second-order valence-corrected chi connectivity index (χ2v) is 9.73. The molecule has 5 rings (SSSR count). The number of hydrogen-bond donors (Lipinski definition) is 1. The SMILES string of the molecule is NCC1(c2cccnc2)C[C@@H]2CC[C@@H](C1)N2C(c1ccccc1Cl)c1ccccc1Cl. The summed E-state index contributed by atoms with van der Waals surface area (Å²) < 4.78 is 0. The Labute approximate surface area is 194 Å². The van der Waals surface area contributed by atoms with Gasteiger partial charge >= 0.3 is 0 Å². The molecule has 1 aromatic heterocycles. The van der Waals surface area contributed by atoms with Gasteiger partial charge in [0.15, 0.2) is 0 Å². The first-order valence-corrected chi connectivity index (χ1v) is 11.8. The molecule has 31 heavy (non-hydrogen) atoms. The standard InChI is InChI=1S/C26H27Cl2N3/c27-23-9-3-1-7-21(23)25(22-8-2-4-10-24(22)28)31-19-11-12-20(31)15-26(14-19,17-29)18-6-5-13-30-16-18/h1-10,13,16,19-20,25H,11-12,14-15,17,29H2/t19-,20-/m0/s1. The van der Waals surface area contributed by atoms with Crippen LogP contribution in [0.5, 0.6) is 0 Å². The van der Waals surface area contributed by atoms with Gasteiger partial charge in [-0.05, 0) is 60.6 Å². The third kappa shape index (κ3) is 3.68. The molecule has 160 valence electrons. The molecule has 5 heteroatoms. The van der Waals surface area contributed by atoms with Crippen LogP contribution in [0.2, 0.25) is 10.0 Å². The van der Waals surface area contributed by atoms with Crippen molar-refractivity contribution in [2.45, 2.75) is 49.2 Å². The molecule has 0 radical (unpaired) electrons. The van der Waals surface area contributed by atoms with Gasteiger partial charge < -0.3 is 5.73 Å². The van der Waals surface area contributed by atoms with Crippen LogP contribution >= 0.6 is 23.2 Å². The summed E-state index contributed by atoms with van der Waals surface area (Å²) in [7, 11) is 0. The first-order chi connectivity index (χ1) is 15.1. The summed E-state index contributed by atoms with van der Waals surface area (Å²) in [6, 6.07) is 21.4. The summed E-state index contributed by atoms with van der Waals surface area (Å²) in [6.07, 6.45) is 8.22. The van der Waals surface area contributed by atoms with Gasteiger partial charge in [0, 0.05) is 46.5 Å². The number of hydrogen-bond acceptors (Lipinski definition) is 3. The average Bonchev–Trinajstić information content (AvgIpc) is 3.06. The zero-order chi connectivity index (χ0) is 21.4. The van der Waals surface area contributed by atoms with Crippen molar-refractivity contribution in [1.29, 1.82) is 0 Å². The highest BCUT2D eigenvalue weighted by molar-refractivity contribution is 6.32. The van der Waals surface area contributed by atoms with Crippen molar-refractivity contribution in [2.75, 3.05) is 6.54 Å². The molecule has 2 aliphatic heterocycles. The average molecular weight is 452 g/mol. The maximum absolute atomic E-state index is 6.74. The summed E-state index contributed by atoms with van der Waals surface area (Å²) in [6.45, 7) is 0.641. The molecule has 0 unspecified atom stereocenters. The molecule has 2 saturated heterocycles. The van der Waals surface area contributed by atoms with Gasteiger partial charge in [-0.2, -0.15) is 0 Å². The number of fused-ring (bicyclic) bond motifs is 2. The van der Waals surface area contributed by atoms with Crippen LogP contribution in [-0.4, -0.2) is 28.5 Å². The Kier molecular flexibility index (Phi) is 5.78. The van der Waals surface area contributed by atoms with Crippen molar-refractivity contribution in [3.05, 3.63) is 99.8 Å². The maximum atomic E-state index is 6.74. The fourth-order valence-electron chi connectivity index (χ4n) is 5.88. The van der Waals surface area contributed by atoms with Gasteiger partial charge in [-0.25, -0.2) is 0 Å². The molecule has 3 nitrogen and oxygen atoms in total. The third-order valence-electron chi connectivity index (χ3n) is 7.29. The van der Waals surface area contributed by atoms with Gasteiger partial charge in [0.1, 0.15) is 0 Å². The number of halogens is 2. The number of rotatable bonds is 5. The smallest absolute Gasteiger partial charge is 0.0636 e. The summed E-state index contributed by atoms with van der Waals surface area (Å²) in [5.74, 6) is 0. The van der Waals surface area contributed by atoms with Crippen molar-refractivity contribution >= 4 is 23.2 Å². The summed E-state index contributed by atoms with van der Waals surface area (Å²) in [5.41, 5.74) is 9.91. The number of nitrogens with two attached hydrogens (primary N) is 1. The number of pyridine rings is 1. The second-order valence-electron chi connectivity index (χ2n) is 8.91. The van der Waals surface area contributed by atoms with Gasteiger partial charge in [0.2, 0.25) is 0 Å². The Morgan fingerprint density at radius 1 is 0.903 bits per heavy atom. The fraction of sp³-hybridized carbons (Fsp3) is 0.346. The van der Waals surface area contributed by atoms with E-state index >= 15 is 0 Å². The summed E-state index contributed by atoms with van der Waals surface area (Å²) in [5, 5.41) is 1.57. The molecular formula is C26H27Cl2N3. The number of piperidine rings is 1. The van der Waals surface area contributed by atoms with E-state index in [1.54, 1.807) is 0 Å². The predicted molar refractivity (Wildman–Crippen MR) is 128 cm³/mol. The van der Waals surface area contributed by atoms with Crippen LogP contribution in [0.3, 0.4) is 0 Å². The highest BCUT2D eigenvalue weighted by Gasteiger charge is 2.51. The molecule has 2 bridgehead atoms. The van der Waals surface area contributed by atoms with E-state index in [0.717, 1.165) is 46.9 Å². The van der Waals surface area contributed by atoms with Crippen molar-refractivity contribution in [1.82, 2.24) is 9.88 Å². The first-order valence-electron chi connectivity index (χ1n) is 11.0. The van der Waals surface area contributed by atoms with Gasteiger partial charge in [-0.3, -0.25) is 9.88 Å². The monoisotopic (exact) mass is 451 g/mol. The molecule has 2 atom stereocenters. The second kappa shape index (κ2) is 8.55. The highest BCUT2D eigenvalue weighted by atomic mass is 35.5. The number of nitrogens with zero attached hydrogens (tertiary/aromatic N) is 2. The topological polar surface area (TPSA) is 42.1 Å². The molecule has 0 amide bonds. The quantitative estimate of drug-likeness (QED) is 0.516. The molecule has 0 spiro atoms. The predicted octanol–water partition coefficient (Wildman–Crippen LogP) is 6.00. The molecule has 0 aliphatic carbocycles. The van der Waals surface area contributed by atoms with Crippen molar-refractivity contribution < 1.29 is 0 Å². The molecule has 2 aromatic carbocycles. The summed E-state index contributed by atoms with van der Waals surface area (Å²) in [4.78, 5) is 7.07. The minimum Gasteiger partial charge on any atom is -0.330 e. The van der Waals surface area contributed by atoms with E-state index in [2.05, 4.69) is 40.2 Å². The lowest BCUT2D eigenvalue weighted by Crippen LogP contribution is -2.53. The van der Waals surface area contributed by atoms with E-state index < -0.39 is 0 Å². The van der Waals surface area contributed by atoms with Crippen LogP contribution in [0, 0.1) is 0 Å². The van der Waals surface area contributed by atoms with Gasteiger partial charge in [-0.15, -0.1) is 0 Å². The molecule has 2 aliphatic rings. The Morgan fingerprint density at radius 3 is 1.97 bits per heavy atom. The minimum absolute atomic E-state index is 0.0257. The highest BCUT2D eigenvalue weighted by Crippen LogP contribution is 2.52. The lowest BCUT2D eigenvalue weighted by Gasteiger charge is -2.49. The summed E-state index contributed by atoms with van der Waals surface area (Å²) >= 11 is 13.5. The van der Waals surface area contributed by atoms with Crippen LogP contribution in [-0.2, 0) is 5.41 Å². The van der Waals surface area contributed by atoms with Crippen LogP contribution < -0.4 is 5.73 Å². The van der Waals surface area contributed by atoms with Crippen molar-refractivity contribution in [3.8, 4) is 0 Å². The van der Waals surface area contributed by atoms with E-state index in [-0.39, 0.29) is 11.5 Å².